The van der Waals surface area contributed by atoms with Gasteiger partial charge in [-0.05, 0) is 43.0 Å². The van der Waals surface area contributed by atoms with Crippen molar-refractivity contribution in [2.24, 2.45) is 5.73 Å². The average Bonchev–Trinajstić information content (AvgIpc) is 3.11. The summed E-state index contributed by atoms with van der Waals surface area (Å²) < 4.78 is 30.8. The minimum absolute atomic E-state index is 0.0573. The molecule has 6 nitrogen and oxygen atoms in total. The molecule has 134 valence electrons. The van der Waals surface area contributed by atoms with Gasteiger partial charge in [0.15, 0.2) is 15.7 Å². The van der Waals surface area contributed by atoms with Gasteiger partial charge in [0.05, 0.1) is 16.2 Å². The first-order chi connectivity index (χ1) is 12.5. The monoisotopic (exact) mass is 369 g/mol. The smallest absolute Gasteiger partial charge is 0.258 e. The number of nitrogens with zero attached hydrogens (tertiary/aromatic N) is 2. The molecule has 1 saturated carbocycles. The fraction of sp³-hybridized carbons (Fsp3) is 0.263. The van der Waals surface area contributed by atoms with Crippen LogP contribution in [0.15, 0.2) is 64.0 Å². The SMILES string of the molecule is NC1(c2noc(-c3cccc(S(=O)(=O)Cc4ccccc4)c3)n2)CCC1. The van der Waals surface area contributed by atoms with Gasteiger partial charge in [0.2, 0.25) is 0 Å². The third kappa shape index (κ3) is 3.15. The summed E-state index contributed by atoms with van der Waals surface area (Å²) in [6.07, 6.45) is 2.71. The van der Waals surface area contributed by atoms with Gasteiger partial charge >= 0.3 is 0 Å². The van der Waals surface area contributed by atoms with Gasteiger partial charge < -0.3 is 10.3 Å². The molecule has 0 radical (unpaired) electrons. The Bertz CT molecular complexity index is 1020. The Labute approximate surface area is 152 Å². The maximum Gasteiger partial charge on any atom is 0.258 e. The first-order valence-corrected chi connectivity index (χ1v) is 10.1. The summed E-state index contributed by atoms with van der Waals surface area (Å²) in [4.78, 5) is 4.61. The highest BCUT2D eigenvalue weighted by atomic mass is 32.2. The van der Waals surface area contributed by atoms with Gasteiger partial charge in [0, 0.05) is 5.56 Å². The van der Waals surface area contributed by atoms with E-state index in [9.17, 15) is 8.42 Å². The predicted molar refractivity (Wildman–Crippen MR) is 96.8 cm³/mol. The van der Waals surface area contributed by atoms with E-state index in [0.29, 0.717) is 11.4 Å². The van der Waals surface area contributed by atoms with E-state index in [-0.39, 0.29) is 16.5 Å². The highest BCUT2D eigenvalue weighted by Gasteiger charge is 2.39. The van der Waals surface area contributed by atoms with Gasteiger partial charge in [-0.2, -0.15) is 4.98 Å². The molecule has 1 fully saturated rings. The topological polar surface area (TPSA) is 99.1 Å². The molecule has 0 unspecified atom stereocenters. The van der Waals surface area contributed by atoms with E-state index in [4.69, 9.17) is 10.3 Å². The normalized spacial score (nSPS) is 16.2. The van der Waals surface area contributed by atoms with Crippen molar-refractivity contribution in [3.8, 4) is 11.5 Å². The van der Waals surface area contributed by atoms with Crippen molar-refractivity contribution in [3.63, 3.8) is 0 Å². The van der Waals surface area contributed by atoms with Gasteiger partial charge in [-0.3, -0.25) is 0 Å². The molecule has 1 aromatic heterocycles. The Morgan fingerprint density at radius 2 is 1.85 bits per heavy atom. The number of rotatable bonds is 5. The first kappa shape index (κ1) is 16.9. The number of nitrogens with two attached hydrogens (primary N) is 1. The van der Waals surface area contributed by atoms with Crippen LogP contribution in [0.3, 0.4) is 0 Å². The van der Waals surface area contributed by atoms with Crippen LogP contribution in [-0.2, 0) is 21.1 Å². The minimum atomic E-state index is -3.47. The first-order valence-electron chi connectivity index (χ1n) is 8.47. The van der Waals surface area contributed by atoms with Crippen LogP contribution in [0.25, 0.3) is 11.5 Å². The molecule has 26 heavy (non-hydrogen) atoms. The van der Waals surface area contributed by atoms with Crippen LogP contribution in [0.2, 0.25) is 0 Å². The zero-order valence-electron chi connectivity index (χ0n) is 14.1. The number of sulfone groups is 1. The zero-order valence-corrected chi connectivity index (χ0v) is 14.9. The average molecular weight is 369 g/mol. The summed E-state index contributed by atoms with van der Waals surface area (Å²) in [5.41, 5.74) is 7.02. The summed E-state index contributed by atoms with van der Waals surface area (Å²) in [7, 11) is -3.47. The number of hydrogen-bond acceptors (Lipinski definition) is 6. The molecule has 0 atom stereocenters. The molecule has 4 rings (SSSR count). The van der Waals surface area contributed by atoms with Gasteiger partial charge in [0.25, 0.3) is 5.89 Å². The fourth-order valence-corrected chi connectivity index (χ4v) is 4.41. The van der Waals surface area contributed by atoms with Crippen LogP contribution in [0.4, 0.5) is 0 Å². The minimum Gasteiger partial charge on any atom is -0.334 e. The maximum absolute atomic E-state index is 12.7. The molecule has 0 spiro atoms. The van der Waals surface area contributed by atoms with Crippen LogP contribution in [0, 0.1) is 0 Å². The second kappa shape index (κ2) is 6.34. The molecule has 0 amide bonds. The van der Waals surface area contributed by atoms with Gasteiger partial charge in [-0.15, -0.1) is 0 Å². The van der Waals surface area contributed by atoms with Crippen molar-refractivity contribution < 1.29 is 12.9 Å². The lowest BCUT2D eigenvalue weighted by Gasteiger charge is -2.34. The van der Waals surface area contributed by atoms with Crippen molar-refractivity contribution in [1.29, 1.82) is 0 Å². The molecule has 1 heterocycles. The summed E-state index contributed by atoms with van der Waals surface area (Å²) in [6.45, 7) is 0. The Hall–Kier alpha value is -2.51. The van der Waals surface area contributed by atoms with Crippen molar-refractivity contribution in [2.45, 2.75) is 35.4 Å². The Morgan fingerprint density at radius 3 is 2.54 bits per heavy atom. The lowest BCUT2D eigenvalue weighted by Crippen LogP contribution is -2.44. The summed E-state index contributed by atoms with van der Waals surface area (Å²) in [6, 6.07) is 15.7. The molecular weight excluding hydrogens is 350 g/mol. The van der Waals surface area contributed by atoms with Crippen molar-refractivity contribution in [2.75, 3.05) is 0 Å². The van der Waals surface area contributed by atoms with Crippen LogP contribution in [0.1, 0.15) is 30.7 Å². The molecule has 0 bridgehead atoms. The van der Waals surface area contributed by atoms with E-state index >= 15 is 0 Å². The highest BCUT2D eigenvalue weighted by Crippen LogP contribution is 2.37. The van der Waals surface area contributed by atoms with Gasteiger partial charge in [-0.25, -0.2) is 8.42 Å². The lowest BCUT2D eigenvalue weighted by atomic mass is 9.77. The van der Waals surface area contributed by atoms with Gasteiger partial charge in [-0.1, -0.05) is 41.6 Å². The van der Waals surface area contributed by atoms with Crippen LogP contribution in [0.5, 0.6) is 0 Å². The van der Waals surface area contributed by atoms with E-state index in [1.807, 2.05) is 18.2 Å². The summed E-state index contributed by atoms with van der Waals surface area (Å²) in [5.74, 6) is 0.711. The number of aromatic nitrogens is 2. The quantitative estimate of drug-likeness (QED) is 0.742. The van der Waals surface area contributed by atoms with Crippen LogP contribution >= 0.6 is 0 Å². The maximum atomic E-state index is 12.7. The molecule has 1 aliphatic carbocycles. The molecule has 0 aliphatic heterocycles. The van der Waals surface area contributed by atoms with Crippen molar-refractivity contribution >= 4 is 9.84 Å². The third-order valence-corrected chi connectivity index (χ3v) is 6.44. The van der Waals surface area contributed by atoms with E-state index in [2.05, 4.69) is 10.1 Å². The molecule has 0 saturated heterocycles. The van der Waals surface area contributed by atoms with E-state index in [1.54, 1.807) is 36.4 Å². The molecule has 7 heteroatoms. The van der Waals surface area contributed by atoms with Crippen LogP contribution < -0.4 is 5.73 Å². The largest absolute Gasteiger partial charge is 0.334 e. The second-order valence-electron chi connectivity index (χ2n) is 6.71. The standard InChI is InChI=1S/C19H19N3O3S/c20-19(10-5-11-19)18-21-17(25-22-18)15-8-4-9-16(12-15)26(23,24)13-14-6-2-1-3-7-14/h1-4,6-9,12H,5,10-11,13,20H2. The summed E-state index contributed by atoms with van der Waals surface area (Å²) >= 11 is 0. The number of benzene rings is 2. The highest BCUT2D eigenvalue weighted by molar-refractivity contribution is 7.90. The Morgan fingerprint density at radius 1 is 1.08 bits per heavy atom. The molecular formula is C19H19N3O3S. The van der Waals surface area contributed by atoms with E-state index in [0.717, 1.165) is 24.8 Å². The van der Waals surface area contributed by atoms with E-state index in [1.165, 1.54) is 0 Å². The second-order valence-corrected chi connectivity index (χ2v) is 8.69. The predicted octanol–water partition coefficient (Wildman–Crippen LogP) is 3.05. The Balaban J connectivity index is 1.62. The Kier molecular flexibility index (Phi) is 4.13. The third-order valence-electron chi connectivity index (χ3n) is 4.76. The molecule has 3 aromatic rings. The molecule has 2 aromatic carbocycles. The van der Waals surface area contributed by atoms with Crippen molar-refractivity contribution in [1.82, 2.24) is 10.1 Å². The number of hydrogen-bond donors (Lipinski definition) is 1. The molecule has 2 N–H and O–H groups in total. The zero-order chi connectivity index (χ0) is 18.2. The lowest BCUT2D eigenvalue weighted by molar-refractivity contribution is 0.229. The van der Waals surface area contributed by atoms with Crippen molar-refractivity contribution in [3.05, 3.63) is 66.0 Å². The van der Waals surface area contributed by atoms with E-state index < -0.39 is 15.4 Å². The molecule has 1 aliphatic rings. The van der Waals surface area contributed by atoms with Gasteiger partial charge in [0.1, 0.15) is 0 Å². The fourth-order valence-electron chi connectivity index (χ4n) is 3.02. The van der Waals surface area contributed by atoms with Crippen LogP contribution in [-0.4, -0.2) is 18.6 Å². The summed E-state index contributed by atoms with van der Waals surface area (Å²) in [5, 5.41) is 3.99.